The fourth-order valence-corrected chi connectivity index (χ4v) is 1.52. The highest BCUT2D eigenvalue weighted by molar-refractivity contribution is 5.72. The zero-order valence-electron chi connectivity index (χ0n) is 7.87. The van der Waals surface area contributed by atoms with Crippen molar-refractivity contribution in [2.24, 2.45) is 0 Å². The predicted molar refractivity (Wildman–Crippen MR) is 49.6 cm³/mol. The molecule has 66 valence electrons. The van der Waals surface area contributed by atoms with Gasteiger partial charge in [-0.05, 0) is 32.4 Å². The van der Waals surface area contributed by atoms with Crippen LogP contribution in [-0.2, 0) is 6.42 Å². The van der Waals surface area contributed by atoms with Gasteiger partial charge in [0.2, 0.25) is 0 Å². The van der Waals surface area contributed by atoms with Crippen LogP contribution in [-0.4, -0.2) is 10.9 Å². The third-order valence-corrected chi connectivity index (χ3v) is 2.03. The number of rotatable bonds is 3. The molecule has 0 fully saturated rings. The zero-order chi connectivity index (χ0) is 9.14. The standard InChI is InChI=1S/C10H15NO/c1-4-9-5-6-10(7-12)11(9)8(2)3/h5-8H,4H2,1-3H3. The normalized spacial score (nSPS) is 10.7. The third-order valence-electron chi connectivity index (χ3n) is 2.03. The van der Waals surface area contributed by atoms with E-state index in [2.05, 4.69) is 25.3 Å². The number of carbonyl (C=O) groups is 1. The summed E-state index contributed by atoms with van der Waals surface area (Å²) in [5, 5.41) is 0. The summed E-state index contributed by atoms with van der Waals surface area (Å²) in [7, 11) is 0. The molecule has 0 aliphatic rings. The van der Waals surface area contributed by atoms with Gasteiger partial charge in [0, 0.05) is 11.7 Å². The molecular weight excluding hydrogens is 150 g/mol. The lowest BCUT2D eigenvalue weighted by atomic mass is 10.3. The van der Waals surface area contributed by atoms with Crippen molar-refractivity contribution >= 4 is 6.29 Å². The third kappa shape index (κ3) is 1.42. The second-order valence-corrected chi connectivity index (χ2v) is 3.18. The quantitative estimate of drug-likeness (QED) is 0.630. The Bertz CT molecular complexity index is 273. The Balaban J connectivity index is 3.16. The molecule has 1 aromatic heterocycles. The molecule has 12 heavy (non-hydrogen) atoms. The fourth-order valence-electron chi connectivity index (χ4n) is 1.52. The van der Waals surface area contributed by atoms with E-state index in [9.17, 15) is 4.79 Å². The van der Waals surface area contributed by atoms with Crippen molar-refractivity contribution in [3.05, 3.63) is 23.5 Å². The first-order chi connectivity index (χ1) is 5.70. The molecule has 0 saturated heterocycles. The van der Waals surface area contributed by atoms with Crippen LogP contribution in [0.4, 0.5) is 0 Å². The van der Waals surface area contributed by atoms with Gasteiger partial charge in [-0.15, -0.1) is 0 Å². The topological polar surface area (TPSA) is 22.0 Å². The number of hydrogen-bond donors (Lipinski definition) is 0. The van der Waals surface area contributed by atoms with Gasteiger partial charge in [0.05, 0.1) is 5.69 Å². The van der Waals surface area contributed by atoms with Crippen molar-refractivity contribution in [3.8, 4) is 0 Å². The van der Waals surface area contributed by atoms with E-state index in [1.165, 1.54) is 5.69 Å². The monoisotopic (exact) mass is 165 g/mol. The maximum atomic E-state index is 10.6. The maximum absolute atomic E-state index is 10.6. The number of nitrogens with zero attached hydrogens (tertiary/aromatic N) is 1. The summed E-state index contributed by atoms with van der Waals surface area (Å²) in [5.41, 5.74) is 2.01. The second-order valence-electron chi connectivity index (χ2n) is 3.18. The Morgan fingerprint density at radius 3 is 2.58 bits per heavy atom. The van der Waals surface area contributed by atoms with E-state index in [0.717, 1.165) is 18.4 Å². The molecule has 0 radical (unpaired) electrons. The van der Waals surface area contributed by atoms with E-state index >= 15 is 0 Å². The smallest absolute Gasteiger partial charge is 0.166 e. The first kappa shape index (κ1) is 9.04. The van der Waals surface area contributed by atoms with Crippen LogP contribution in [0.1, 0.15) is 43.0 Å². The summed E-state index contributed by atoms with van der Waals surface area (Å²) in [6.45, 7) is 6.28. The summed E-state index contributed by atoms with van der Waals surface area (Å²) in [5.74, 6) is 0. The SMILES string of the molecule is CCc1ccc(C=O)n1C(C)C. The lowest BCUT2D eigenvalue weighted by Gasteiger charge is -2.13. The van der Waals surface area contributed by atoms with E-state index in [0.29, 0.717) is 6.04 Å². The minimum Gasteiger partial charge on any atom is -0.340 e. The van der Waals surface area contributed by atoms with Gasteiger partial charge in [0.25, 0.3) is 0 Å². The first-order valence-electron chi connectivity index (χ1n) is 4.36. The van der Waals surface area contributed by atoms with Gasteiger partial charge in [0.15, 0.2) is 6.29 Å². The van der Waals surface area contributed by atoms with E-state index in [1.54, 1.807) is 0 Å². The van der Waals surface area contributed by atoms with Gasteiger partial charge in [-0.25, -0.2) is 0 Å². The summed E-state index contributed by atoms with van der Waals surface area (Å²) in [6.07, 6.45) is 1.89. The Hall–Kier alpha value is -1.05. The highest BCUT2D eigenvalue weighted by Crippen LogP contribution is 2.15. The predicted octanol–water partition coefficient (Wildman–Crippen LogP) is 2.44. The molecule has 2 heteroatoms. The van der Waals surface area contributed by atoms with Crippen LogP contribution < -0.4 is 0 Å². The Morgan fingerprint density at radius 1 is 1.50 bits per heavy atom. The lowest BCUT2D eigenvalue weighted by molar-refractivity contribution is 0.111. The molecule has 0 aliphatic carbocycles. The number of aryl methyl sites for hydroxylation is 1. The average molecular weight is 165 g/mol. The Labute approximate surface area is 73.2 Å². The second kappa shape index (κ2) is 3.57. The molecule has 2 nitrogen and oxygen atoms in total. The average Bonchev–Trinajstić information content (AvgIpc) is 2.46. The molecule has 0 N–H and O–H groups in total. The number of hydrogen-bond acceptors (Lipinski definition) is 1. The summed E-state index contributed by atoms with van der Waals surface area (Å²) < 4.78 is 2.08. The van der Waals surface area contributed by atoms with Crippen molar-refractivity contribution in [1.82, 2.24) is 4.57 Å². The molecule has 1 heterocycles. The van der Waals surface area contributed by atoms with Crippen molar-refractivity contribution in [2.75, 3.05) is 0 Å². The minimum atomic E-state index is 0.371. The van der Waals surface area contributed by atoms with Gasteiger partial charge in [-0.2, -0.15) is 0 Å². The van der Waals surface area contributed by atoms with Crippen molar-refractivity contribution in [1.29, 1.82) is 0 Å². The van der Waals surface area contributed by atoms with Crippen molar-refractivity contribution < 1.29 is 4.79 Å². The molecule has 0 bridgehead atoms. The molecule has 0 amide bonds. The molecule has 0 aromatic carbocycles. The van der Waals surface area contributed by atoms with Gasteiger partial charge in [-0.1, -0.05) is 6.92 Å². The van der Waals surface area contributed by atoms with E-state index < -0.39 is 0 Å². The van der Waals surface area contributed by atoms with E-state index in [-0.39, 0.29) is 0 Å². The van der Waals surface area contributed by atoms with Crippen molar-refractivity contribution in [2.45, 2.75) is 33.2 Å². The van der Waals surface area contributed by atoms with Crippen LogP contribution in [0.2, 0.25) is 0 Å². The largest absolute Gasteiger partial charge is 0.340 e. The highest BCUT2D eigenvalue weighted by atomic mass is 16.1. The summed E-state index contributed by atoms with van der Waals surface area (Å²) >= 11 is 0. The van der Waals surface area contributed by atoms with Crippen molar-refractivity contribution in [3.63, 3.8) is 0 Å². The lowest BCUT2D eigenvalue weighted by Crippen LogP contribution is -2.08. The molecule has 1 aromatic rings. The zero-order valence-corrected chi connectivity index (χ0v) is 7.87. The van der Waals surface area contributed by atoms with Gasteiger partial charge in [-0.3, -0.25) is 4.79 Å². The van der Waals surface area contributed by atoms with Crippen LogP contribution >= 0.6 is 0 Å². The summed E-state index contributed by atoms with van der Waals surface area (Å²) in [4.78, 5) is 10.6. The summed E-state index contributed by atoms with van der Waals surface area (Å²) in [6, 6.07) is 4.27. The van der Waals surface area contributed by atoms with E-state index in [4.69, 9.17) is 0 Å². The van der Waals surface area contributed by atoms with Crippen LogP contribution in [0.15, 0.2) is 12.1 Å². The molecule has 0 saturated carbocycles. The Morgan fingerprint density at radius 2 is 2.17 bits per heavy atom. The molecule has 0 atom stereocenters. The molecule has 1 rings (SSSR count). The molecule has 0 unspecified atom stereocenters. The number of carbonyl (C=O) groups excluding carboxylic acids is 1. The number of aromatic nitrogens is 1. The minimum absolute atomic E-state index is 0.371. The van der Waals surface area contributed by atoms with Crippen LogP contribution in [0.3, 0.4) is 0 Å². The molecular formula is C10H15NO. The van der Waals surface area contributed by atoms with Crippen LogP contribution in [0, 0.1) is 0 Å². The van der Waals surface area contributed by atoms with E-state index in [1.807, 2.05) is 12.1 Å². The van der Waals surface area contributed by atoms with Gasteiger partial charge >= 0.3 is 0 Å². The fraction of sp³-hybridized carbons (Fsp3) is 0.500. The first-order valence-corrected chi connectivity index (χ1v) is 4.36. The maximum Gasteiger partial charge on any atom is 0.166 e. The van der Waals surface area contributed by atoms with Crippen LogP contribution in [0.5, 0.6) is 0 Å². The molecule has 0 aliphatic heterocycles. The van der Waals surface area contributed by atoms with Gasteiger partial charge in [0.1, 0.15) is 0 Å². The molecule has 0 spiro atoms. The Kier molecular flexibility index (Phi) is 2.69. The highest BCUT2D eigenvalue weighted by Gasteiger charge is 2.07. The van der Waals surface area contributed by atoms with Crippen LogP contribution in [0.25, 0.3) is 0 Å². The van der Waals surface area contributed by atoms with Gasteiger partial charge < -0.3 is 4.57 Å². The number of aldehydes is 1.